The van der Waals surface area contributed by atoms with Gasteiger partial charge in [0.1, 0.15) is 6.23 Å². The zero-order valence-electron chi connectivity index (χ0n) is 18.9. The largest absolute Gasteiger partial charge is 0.394 e. The third-order valence-electron chi connectivity index (χ3n) is 6.64. The summed E-state index contributed by atoms with van der Waals surface area (Å²) in [6.07, 6.45) is 1.23. The molecule has 3 atom stereocenters. The number of alkyl halides is 1. The van der Waals surface area contributed by atoms with E-state index in [9.17, 15) is 14.7 Å². The maximum absolute atomic E-state index is 13.6. The fraction of sp³-hybridized carbons (Fsp3) is 0.214. The molecular formula is C28H25IN2O4. The number of ether oxygens (including phenoxy) is 1. The first-order valence-electron chi connectivity index (χ1n) is 11.5. The highest BCUT2D eigenvalue weighted by molar-refractivity contribution is 14.1. The Bertz CT molecular complexity index is 1310. The van der Waals surface area contributed by atoms with Gasteiger partial charge in [-0.25, -0.2) is 4.79 Å². The van der Waals surface area contributed by atoms with Crippen molar-refractivity contribution in [3.8, 4) is 0 Å². The first-order valence-corrected chi connectivity index (χ1v) is 12.7. The van der Waals surface area contributed by atoms with E-state index in [2.05, 4.69) is 27.6 Å². The van der Waals surface area contributed by atoms with Crippen molar-refractivity contribution in [2.45, 2.75) is 28.1 Å². The van der Waals surface area contributed by atoms with Crippen molar-refractivity contribution >= 4 is 22.6 Å². The number of nitrogens with one attached hydrogen (secondary N) is 1. The predicted molar refractivity (Wildman–Crippen MR) is 143 cm³/mol. The monoisotopic (exact) mass is 580 g/mol. The van der Waals surface area contributed by atoms with Crippen LogP contribution in [0.2, 0.25) is 0 Å². The lowest BCUT2D eigenvalue weighted by molar-refractivity contribution is -0.0233. The molecule has 178 valence electrons. The van der Waals surface area contributed by atoms with Gasteiger partial charge < -0.3 is 9.84 Å². The summed E-state index contributed by atoms with van der Waals surface area (Å²) in [5, 5.41) is 9.67. The quantitative estimate of drug-likeness (QED) is 0.205. The smallest absolute Gasteiger partial charge is 0.330 e. The van der Waals surface area contributed by atoms with Crippen molar-refractivity contribution in [2.75, 3.05) is 6.61 Å². The minimum atomic E-state index is -0.981. The Hall–Kier alpha value is -3.01. The molecule has 0 bridgehead atoms. The summed E-state index contributed by atoms with van der Waals surface area (Å²) in [5.74, 6) is 0. The highest BCUT2D eigenvalue weighted by Crippen LogP contribution is 2.44. The molecule has 6 nitrogen and oxygen atoms in total. The molecule has 3 aromatic carbocycles. The SMILES string of the molecule is O=c1[nH]c(=O)n([C@H]2CC(I)[C@@H](CO)O2)cc1C(c1ccccc1)(c1ccccc1)c1ccccc1. The van der Waals surface area contributed by atoms with Gasteiger partial charge in [0, 0.05) is 16.5 Å². The van der Waals surface area contributed by atoms with Crippen molar-refractivity contribution in [3.63, 3.8) is 0 Å². The minimum Gasteiger partial charge on any atom is -0.394 e. The lowest BCUT2D eigenvalue weighted by atomic mass is 9.66. The molecule has 7 heteroatoms. The molecule has 1 saturated heterocycles. The average molecular weight is 580 g/mol. The molecule has 1 fully saturated rings. The van der Waals surface area contributed by atoms with E-state index in [-0.39, 0.29) is 16.6 Å². The molecule has 0 spiro atoms. The molecule has 1 aromatic heterocycles. The van der Waals surface area contributed by atoms with Gasteiger partial charge in [0.15, 0.2) is 0 Å². The van der Waals surface area contributed by atoms with Crippen LogP contribution >= 0.6 is 22.6 Å². The Morgan fingerprint density at radius 3 is 1.80 bits per heavy atom. The second kappa shape index (κ2) is 9.93. The van der Waals surface area contributed by atoms with E-state index in [0.717, 1.165) is 16.7 Å². The summed E-state index contributed by atoms with van der Waals surface area (Å²) >= 11 is 2.23. The Morgan fingerprint density at radius 1 is 0.886 bits per heavy atom. The highest BCUT2D eigenvalue weighted by atomic mass is 127. The zero-order chi connectivity index (χ0) is 24.4. The molecule has 2 N–H and O–H groups in total. The summed E-state index contributed by atoms with van der Waals surface area (Å²) in [6, 6.07) is 29.6. The van der Waals surface area contributed by atoms with Crippen molar-refractivity contribution < 1.29 is 9.84 Å². The zero-order valence-corrected chi connectivity index (χ0v) is 21.0. The number of hydrogen-bond donors (Lipinski definition) is 2. The number of aliphatic hydroxyl groups excluding tert-OH is 1. The summed E-state index contributed by atoms with van der Waals surface area (Å²) < 4.78 is 7.51. The molecule has 0 amide bonds. The van der Waals surface area contributed by atoms with Crippen molar-refractivity contribution in [3.05, 3.63) is 140 Å². The van der Waals surface area contributed by atoms with Crippen LogP contribution in [-0.4, -0.2) is 31.3 Å². The number of halogens is 1. The maximum atomic E-state index is 13.6. The number of rotatable bonds is 6. The van der Waals surface area contributed by atoms with Gasteiger partial charge in [-0.15, -0.1) is 0 Å². The summed E-state index contributed by atoms with van der Waals surface area (Å²) in [4.78, 5) is 29.1. The second-order valence-corrected chi connectivity index (χ2v) is 10.2. The van der Waals surface area contributed by atoms with E-state index < -0.39 is 22.9 Å². The van der Waals surface area contributed by atoms with Gasteiger partial charge in [0.25, 0.3) is 5.56 Å². The summed E-state index contributed by atoms with van der Waals surface area (Å²) in [6.45, 7) is -0.128. The summed E-state index contributed by atoms with van der Waals surface area (Å²) in [7, 11) is 0. The van der Waals surface area contributed by atoms with E-state index in [1.54, 1.807) is 6.20 Å². The van der Waals surface area contributed by atoms with Gasteiger partial charge in [-0.2, -0.15) is 0 Å². The van der Waals surface area contributed by atoms with Crippen LogP contribution in [0.5, 0.6) is 0 Å². The molecular weight excluding hydrogens is 555 g/mol. The van der Waals surface area contributed by atoms with Crippen LogP contribution in [0.3, 0.4) is 0 Å². The second-order valence-electron chi connectivity index (χ2n) is 8.62. The third kappa shape index (κ3) is 4.17. The van der Waals surface area contributed by atoms with Crippen LogP contribution in [0.4, 0.5) is 0 Å². The van der Waals surface area contributed by atoms with Crippen molar-refractivity contribution in [2.24, 2.45) is 0 Å². The molecule has 4 aromatic rings. The summed E-state index contributed by atoms with van der Waals surface area (Å²) in [5.41, 5.74) is 1.16. The van der Waals surface area contributed by atoms with Crippen molar-refractivity contribution in [1.29, 1.82) is 0 Å². The molecule has 0 saturated carbocycles. The normalized spacial score (nSPS) is 20.1. The Balaban J connectivity index is 1.84. The molecule has 5 rings (SSSR count). The molecule has 0 aliphatic carbocycles. The van der Waals surface area contributed by atoms with Gasteiger partial charge in [-0.05, 0) is 16.7 Å². The number of aliphatic hydroxyl groups is 1. The molecule has 1 aliphatic heterocycles. The lowest BCUT2D eigenvalue weighted by Gasteiger charge is -2.36. The fourth-order valence-electron chi connectivity index (χ4n) is 5.02. The van der Waals surface area contributed by atoms with Gasteiger partial charge in [0.2, 0.25) is 0 Å². The number of H-pyrrole nitrogens is 1. The molecule has 1 unspecified atom stereocenters. The lowest BCUT2D eigenvalue weighted by Crippen LogP contribution is -2.42. The Kier molecular flexibility index (Phi) is 6.73. The minimum absolute atomic E-state index is 0.0482. The van der Waals surface area contributed by atoms with Crippen LogP contribution in [0.25, 0.3) is 0 Å². The first-order chi connectivity index (χ1) is 17.1. The van der Waals surface area contributed by atoms with E-state index >= 15 is 0 Å². The Morgan fingerprint density at radius 2 is 1.37 bits per heavy atom. The molecule has 35 heavy (non-hydrogen) atoms. The van der Waals surface area contributed by atoms with Crippen molar-refractivity contribution in [1.82, 2.24) is 9.55 Å². The van der Waals surface area contributed by atoms with Crippen LogP contribution in [0.1, 0.15) is 34.9 Å². The molecule has 0 radical (unpaired) electrons. The number of hydrogen-bond acceptors (Lipinski definition) is 4. The third-order valence-corrected chi connectivity index (χ3v) is 7.96. The molecule has 1 aliphatic rings. The number of benzene rings is 3. The van der Waals surface area contributed by atoms with E-state index in [1.807, 2.05) is 91.0 Å². The van der Waals surface area contributed by atoms with E-state index in [4.69, 9.17) is 4.74 Å². The number of nitrogens with zero attached hydrogens (tertiary/aromatic N) is 1. The first kappa shape index (κ1) is 23.7. The van der Waals surface area contributed by atoms with Crippen LogP contribution in [0.15, 0.2) is 107 Å². The van der Waals surface area contributed by atoms with Crippen LogP contribution in [0, 0.1) is 0 Å². The standard InChI is InChI=1S/C28H25IN2O4/c29-23-16-25(35-24(23)18-32)31-17-22(26(33)30-27(31)34)28(19-10-4-1-5-11-19,20-12-6-2-7-13-20)21-14-8-3-9-15-21/h1-15,17,23-25,32H,16,18H2,(H,30,33,34)/t23?,24-,25-/m1/s1. The van der Waals surface area contributed by atoms with Gasteiger partial charge >= 0.3 is 5.69 Å². The highest BCUT2D eigenvalue weighted by Gasteiger charge is 2.42. The molecule has 2 heterocycles. The predicted octanol–water partition coefficient (Wildman–Crippen LogP) is 4.00. The number of aromatic amines is 1. The van der Waals surface area contributed by atoms with E-state index in [1.165, 1.54) is 4.57 Å². The maximum Gasteiger partial charge on any atom is 0.330 e. The van der Waals surface area contributed by atoms with Crippen LogP contribution < -0.4 is 11.2 Å². The van der Waals surface area contributed by atoms with Crippen LogP contribution in [-0.2, 0) is 10.2 Å². The van der Waals surface area contributed by atoms with Gasteiger partial charge in [-0.3, -0.25) is 14.3 Å². The van der Waals surface area contributed by atoms with E-state index in [0.29, 0.717) is 12.0 Å². The fourth-order valence-corrected chi connectivity index (χ4v) is 5.85. The number of aromatic nitrogens is 2. The van der Waals surface area contributed by atoms with Gasteiger partial charge in [-0.1, -0.05) is 114 Å². The average Bonchev–Trinajstić information content (AvgIpc) is 3.27. The van der Waals surface area contributed by atoms with Gasteiger partial charge in [0.05, 0.1) is 23.7 Å². The topological polar surface area (TPSA) is 84.3 Å². The Labute approximate surface area is 216 Å².